The zero-order valence-electron chi connectivity index (χ0n) is 29.5. The summed E-state index contributed by atoms with van der Waals surface area (Å²) in [6.07, 6.45) is -4.53. The van der Waals surface area contributed by atoms with Crippen LogP contribution < -0.4 is 0 Å². The third-order valence-electron chi connectivity index (χ3n) is 9.15. The number of rotatable bonds is 16. The predicted octanol–water partition coefficient (Wildman–Crippen LogP) is 3.71. The number of aliphatic hydroxyl groups is 3. The Kier molecular flexibility index (Phi) is 14.1. The van der Waals surface area contributed by atoms with E-state index >= 15 is 0 Å². The van der Waals surface area contributed by atoms with E-state index in [0.29, 0.717) is 13.0 Å². The van der Waals surface area contributed by atoms with Crippen molar-refractivity contribution >= 4 is 14.3 Å². The quantitative estimate of drug-likeness (QED) is 0.0712. The lowest BCUT2D eigenvalue weighted by molar-refractivity contribution is -0.430. The van der Waals surface area contributed by atoms with Crippen molar-refractivity contribution in [1.29, 1.82) is 0 Å². The van der Waals surface area contributed by atoms with Gasteiger partial charge in [-0.3, -0.25) is 4.79 Å². The fourth-order valence-corrected chi connectivity index (χ4v) is 6.58. The van der Waals surface area contributed by atoms with E-state index in [4.69, 9.17) is 42.6 Å². The van der Waals surface area contributed by atoms with Crippen LogP contribution in [-0.2, 0) is 47.4 Å². The highest BCUT2D eigenvalue weighted by Crippen LogP contribution is 2.41. The normalized spacial score (nSPS) is 34.6. The topological polar surface area (TPSA) is 161 Å². The Morgan fingerprint density at radius 2 is 1.39 bits per heavy atom. The molecule has 0 aliphatic carbocycles. The zero-order chi connectivity index (χ0) is 34.5. The number of hydrogen-bond donors (Lipinski definition) is 3. The van der Waals surface area contributed by atoms with Crippen LogP contribution in [0.3, 0.4) is 0 Å². The minimum absolute atomic E-state index is 0.0147. The van der Waals surface area contributed by atoms with Crippen LogP contribution in [0.15, 0.2) is 0 Å². The summed E-state index contributed by atoms with van der Waals surface area (Å²) < 4.78 is 42.7. The Morgan fingerprint density at radius 3 is 1.93 bits per heavy atom. The summed E-state index contributed by atoms with van der Waals surface area (Å²) in [6.45, 7) is 19.8. The van der Waals surface area contributed by atoms with Gasteiger partial charge in [-0.25, -0.2) is 9.78 Å². The van der Waals surface area contributed by atoms with Crippen LogP contribution in [0.5, 0.6) is 0 Å². The van der Waals surface area contributed by atoms with E-state index in [-0.39, 0.29) is 18.1 Å². The Balaban J connectivity index is 1.67. The third kappa shape index (κ3) is 10.6. The molecule has 9 atom stereocenters. The second kappa shape index (κ2) is 16.3. The first-order valence-electron chi connectivity index (χ1n) is 16.8. The smallest absolute Gasteiger partial charge is 0.306 e. The number of ether oxygens (including phenoxy) is 6. The molecule has 3 saturated heterocycles. The molecule has 14 heteroatoms. The Hall–Kier alpha value is -0.753. The molecule has 0 unspecified atom stereocenters. The number of hydrogen-bond acceptors (Lipinski definition) is 13. The molecule has 270 valence electrons. The van der Waals surface area contributed by atoms with Crippen LogP contribution in [0.25, 0.3) is 0 Å². The lowest BCUT2D eigenvalue weighted by atomic mass is 9.99. The molecule has 3 heterocycles. The number of aliphatic hydroxyl groups excluding tert-OH is 3. The maximum atomic E-state index is 12.6. The van der Waals surface area contributed by atoms with Crippen LogP contribution in [0, 0.1) is 0 Å². The van der Waals surface area contributed by atoms with Gasteiger partial charge in [0.15, 0.2) is 26.0 Å². The summed E-state index contributed by atoms with van der Waals surface area (Å²) in [5, 5.41) is 30.9. The van der Waals surface area contributed by atoms with Crippen molar-refractivity contribution < 1.29 is 62.7 Å². The second-order valence-corrected chi connectivity index (χ2v) is 19.9. The molecule has 0 aromatic carbocycles. The molecular weight excluding hydrogens is 620 g/mol. The van der Waals surface area contributed by atoms with E-state index in [1.807, 2.05) is 13.8 Å². The van der Waals surface area contributed by atoms with Crippen LogP contribution >= 0.6 is 0 Å². The van der Waals surface area contributed by atoms with Gasteiger partial charge in [-0.05, 0) is 52.2 Å². The van der Waals surface area contributed by atoms with Gasteiger partial charge in [0.25, 0.3) is 0 Å². The van der Waals surface area contributed by atoms with Gasteiger partial charge in [-0.2, -0.15) is 0 Å². The van der Waals surface area contributed by atoms with Gasteiger partial charge in [-0.1, -0.05) is 53.4 Å². The summed E-state index contributed by atoms with van der Waals surface area (Å²) in [5.74, 6) is -2.42. The molecule has 0 saturated carbocycles. The lowest BCUT2D eigenvalue weighted by Crippen LogP contribution is -2.60. The number of carbonyl (C=O) groups excluding carboxylic acids is 1. The highest BCUT2D eigenvalue weighted by atomic mass is 28.4. The van der Waals surface area contributed by atoms with Gasteiger partial charge in [0.05, 0.1) is 13.2 Å². The first-order chi connectivity index (χ1) is 21.3. The zero-order valence-corrected chi connectivity index (χ0v) is 30.5. The fourth-order valence-electron chi connectivity index (χ4n) is 5.56. The predicted molar refractivity (Wildman–Crippen MR) is 169 cm³/mol. The van der Waals surface area contributed by atoms with Crippen molar-refractivity contribution in [2.45, 2.75) is 179 Å². The van der Waals surface area contributed by atoms with Crippen molar-refractivity contribution in [3.8, 4) is 0 Å². The van der Waals surface area contributed by atoms with Gasteiger partial charge >= 0.3 is 5.97 Å². The average molecular weight is 681 g/mol. The largest absolute Gasteiger partial charge is 0.454 e. The highest BCUT2D eigenvalue weighted by Gasteiger charge is 2.55. The van der Waals surface area contributed by atoms with Crippen molar-refractivity contribution in [2.24, 2.45) is 0 Å². The van der Waals surface area contributed by atoms with E-state index in [0.717, 1.165) is 25.7 Å². The molecule has 0 aromatic heterocycles. The molecule has 3 aliphatic heterocycles. The van der Waals surface area contributed by atoms with Gasteiger partial charge in [0, 0.05) is 6.42 Å². The molecule has 0 spiro atoms. The Morgan fingerprint density at radius 1 is 0.826 bits per heavy atom. The summed E-state index contributed by atoms with van der Waals surface area (Å²) in [7, 11) is -2.08. The minimum atomic E-state index is -2.08. The van der Waals surface area contributed by atoms with Crippen molar-refractivity contribution in [1.82, 2.24) is 0 Å². The molecule has 3 fully saturated rings. The first-order valence-corrected chi connectivity index (χ1v) is 19.7. The molecule has 0 aromatic rings. The van der Waals surface area contributed by atoms with Gasteiger partial charge in [-0.15, -0.1) is 0 Å². The van der Waals surface area contributed by atoms with E-state index in [1.165, 1.54) is 0 Å². The van der Waals surface area contributed by atoms with Gasteiger partial charge in [0.2, 0.25) is 6.29 Å². The van der Waals surface area contributed by atoms with E-state index in [9.17, 15) is 20.1 Å². The number of unbranched alkanes of at least 4 members (excludes halogenated alkanes) is 4. The summed E-state index contributed by atoms with van der Waals surface area (Å²) in [4.78, 5) is 23.7. The fraction of sp³-hybridized carbons (Fsp3) is 0.969. The minimum Gasteiger partial charge on any atom is -0.454 e. The van der Waals surface area contributed by atoms with E-state index in [2.05, 4.69) is 40.8 Å². The SMILES string of the molecule is CCCCCCCC(=O)O[C@@H]1[C@H](OOC[C@@H]2OC(C)(C)O[C@H]2[C@@H]2OC(C)(C)O[C@@H]2CO[Si](C)(C)C(C)(C)C)O[C@H](CO)[C@@H](O)[C@@H]1O. The molecular formula is C32H60O13Si. The maximum absolute atomic E-state index is 12.6. The highest BCUT2D eigenvalue weighted by molar-refractivity contribution is 6.74. The average Bonchev–Trinajstić information content (AvgIpc) is 3.43. The van der Waals surface area contributed by atoms with Crippen LogP contribution in [0.4, 0.5) is 0 Å². The van der Waals surface area contributed by atoms with Crippen LogP contribution in [-0.4, -0.2) is 116 Å². The van der Waals surface area contributed by atoms with Crippen LogP contribution in [0.1, 0.15) is 93.9 Å². The standard InChI is InChI=1S/C32H60O13Si/c1-11-12-13-14-15-16-23(34)40-28-25(36)24(35)20(17-33)39-29(28)45-37-18-21-26(43-31(5,6)41-21)27-22(42-32(7,8)44-27)19-38-46(9,10)30(2,3)4/h20-22,24-29,33,35-36H,11-19H2,1-10H3/t20-,21+,22-,24-,25+,26-,27-,28+,29+/m1/s1. The maximum Gasteiger partial charge on any atom is 0.306 e. The summed E-state index contributed by atoms with van der Waals surface area (Å²) >= 11 is 0. The summed E-state index contributed by atoms with van der Waals surface area (Å²) in [5.41, 5.74) is 0. The second-order valence-electron chi connectivity index (χ2n) is 15.1. The third-order valence-corrected chi connectivity index (χ3v) is 13.7. The van der Waals surface area contributed by atoms with Crippen LogP contribution in [0.2, 0.25) is 18.1 Å². The van der Waals surface area contributed by atoms with Crippen molar-refractivity contribution in [3.63, 3.8) is 0 Å². The monoisotopic (exact) mass is 680 g/mol. The van der Waals surface area contributed by atoms with E-state index < -0.39 is 87.6 Å². The molecule has 3 rings (SSSR count). The van der Waals surface area contributed by atoms with Crippen molar-refractivity contribution in [2.75, 3.05) is 19.8 Å². The number of esters is 1. The van der Waals surface area contributed by atoms with Crippen molar-refractivity contribution in [3.05, 3.63) is 0 Å². The lowest BCUT2D eigenvalue weighted by Gasteiger charge is -2.40. The van der Waals surface area contributed by atoms with Gasteiger partial charge in [0.1, 0.15) is 49.3 Å². The molecule has 13 nitrogen and oxygen atoms in total. The molecule has 0 radical (unpaired) electrons. The van der Waals surface area contributed by atoms with E-state index in [1.54, 1.807) is 13.8 Å². The Bertz CT molecular complexity index is 955. The molecule has 3 aliphatic rings. The van der Waals surface area contributed by atoms with Gasteiger partial charge < -0.3 is 48.2 Å². The molecule has 0 bridgehead atoms. The molecule has 3 N–H and O–H groups in total. The molecule has 46 heavy (non-hydrogen) atoms. The first kappa shape index (κ1) is 39.7. The summed E-state index contributed by atoms with van der Waals surface area (Å²) in [6, 6.07) is 0. The number of carbonyl (C=O) groups is 1. The molecule has 0 amide bonds. The Labute approximate surface area is 275 Å².